The predicted molar refractivity (Wildman–Crippen MR) is 67.9 cm³/mol. The Hall–Kier alpha value is -1.61. The molecule has 16 heavy (non-hydrogen) atoms. The van der Waals surface area contributed by atoms with Gasteiger partial charge < -0.3 is 5.32 Å². The van der Waals surface area contributed by atoms with Crippen molar-refractivity contribution in [2.24, 2.45) is 0 Å². The van der Waals surface area contributed by atoms with E-state index >= 15 is 0 Å². The van der Waals surface area contributed by atoms with Gasteiger partial charge in [-0.2, -0.15) is 0 Å². The van der Waals surface area contributed by atoms with Crippen LogP contribution in [0.3, 0.4) is 0 Å². The van der Waals surface area contributed by atoms with E-state index in [-0.39, 0.29) is 5.91 Å². The van der Waals surface area contributed by atoms with E-state index in [0.717, 1.165) is 15.3 Å². The van der Waals surface area contributed by atoms with Gasteiger partial charge in [0.2, 0.25) is 0 Å². The average Bonchev–Trinajstić information content (AvgIpc) is 2.78. The van der Waals surface area contributed by atoms with Crippen LogP contribution in [-0.4, -0.2) is 13.0 Å². The van der Waals surface area contributed by atoms with Gasteiger partial charge in [-0.25, -0.2) is 0 Å². The molecule has 0 saturated carbocycles. The molecule has 1 amide bonds. The number of hydrogen-bond donors (Lipinski definition) is 1. The molecule has 0 aliphatic heterocycles. The SMILES string of the molecule is CNC(=O)c1ccc(-c2ccc(C)cc2)s1. The van der Waals surface area contributed by atoms with E-state index in [9.17, 15) is 4.79 Å². The molecule has 0 saturated heterocycles. The van der Waals surface area contributed by atoms with Crippen LogP contribution in [0, 0.1) is 6.92 Å². The minimum atomic E-state index is -0.0247. The minimum Gasteiger partial charge on any atom is -0.354 e. The first-order chi connectivity index (χ1) is 7.70. The second kappa shape index (κ2) is 4.49. The number of benzene rings is 1. The standard InChI is InChI=1S/C13H13NOS/c1-9-3-5-10(6-4-9)11-7-8-12(16-11)13(15)14-2/h3-8H,1-2H3,(H,14,15). The van der Waals surface area contributed by atoms with Gasteiger partial charge in [0.1, 0.15) is 0 Å². The highest BCUT2D eigenvalue weighted by molar-refractivity contribution is 7.17. The van der Waals surface area contributed by atoms with Crippen LogP contribution in [0.4, 0.5) is 0 Å². The van der Waals surface area contributed by atoms with Gasteiger partial charge in [0.25, 0.3) is 5.91 Å². The van der Waals surface area contributed by atoms with Gasteiger partial charge in [0.15, 0.2) is 0 Å². The molecule has 1 N–H and O–H groups in total. The molecule has 0 atom stereocenters. The topological polar surface area (TPSA) is 29.1 Å². The summed E-state index contributed by atoms with van der Waals surface area (Å²) in [6.45, 7) is 2.06. The van der Waals surface area contributed by atoms with Gasteiger partial charge in [-0.15, -0.1) is 11.3 Å². The van der Waals surface area contributed by atoms with Crippen molar-refractivity contribution in [2.75, 3.05) is 7.05 Å². The third kappa shape index (κ3) is 2.14. The van der Waals surface area contributed by atoms with Crippen molar-refractivity contribution < 1.29 is 4.79 Å². The molecule has 0 aliphatic carbocycles. The fourth-order valence-electron chi connectivity index (χ4n) is 1.46. The molecule has 3 heteroatoms. The van der Waals surface area contributed by atoms with E-state index in [0.29, 0.717) is 0 Å². The Bertz CT molecular complexity index is 499. The number of aryl methyl sites for hydroxylation is 1. The highest BCUT2D eigenvalue weighted by Crippen LogP contribution is 2.28. The third-order valence-corrected chi connectivity index (χ3v) is 3.53. The van der Waals surface area contributed by atoms with Crippen LogP contribution in [-0.2, 0) is 0 Å². The number of thiophene rings is 1. The molecule has 0 fully saturated rings. The van der Waals surface area contributed by atoms with Crippen LogP contribution in [0.1, 0.15) is 15.2 Å². The zero-order valence-electron chi connectivity index (χ0n) is 9.28. The fraction of sp³-hybridized carbons (Fsp3) is 0.154. The predicted octanol–water partition coefficient (Wildman–Crippen LogP) is 3.08. The molecular weight excluding hydrogens is 218 g/mol. The molecule has 0 bridgehead atoms. The summed E-state index contributed by atoms with van der Waals surface area (Å²) in [4.78, 5) is 13.3. The van der Waals surface area contributed by atoms with Crippen LogP contribution >= 0.6 is 11.3 Å². The lowest BCUT2D eigenvalue weighted by molar-refractivity contribution is 0.0967. The molecule has 0 aliphatic rings. The van der Waals surface area contributed by atoms with Crippen molar-refractivity contribution in [1.29, 1.82) is 0 Å². The Morgan fingerprint density at radius 1 is 1.12 bits per heavy atom. The molecule has 0 unspecified atom stereocenters. The summed E-state index contributed by atoms with van der Waals surface area (Å²) < 4.78 is 0. The Morgan fingerprint density at radius 2 is 1.81 bits per heavy atom. The van der Waals surface area contributed by atoms with Crippen molar-refractivity contribution in [1.82, 2.24) is 5.32 Å². The number of amides is 1. The summed E-state index contributed by atoms with van der Waals surface area (Å²) in [7, 11) is 1.65. The summed E-state index contributed by atoms with van der Waals surface area (Å²) in [5, 5.41) is 2.63. The Balaban J connectivity index is 2.31. The zero-order chi connectivity index (χ0) is 11.5. The summed E-state index contributed by atoms with van der Waals surface area (Å²) in [5.41, 5.74) is 2.40. The first-order valence-electron chi connectivity index (χ1n) is 5.09. The maximum atomic E-state index is 11.4. The zero-order valence-corrected chi connectivity index (χ0v) is 10.1. The minimum absolute atomic E-state index is 0.0247. The molecule has 2 aromatic rings. The lowest BCUT2D eigenvalue weighted by atomic mass is 10.1. The largest absolute Gasteiger partial charge is 0.354 e. The summed E-state index contributed by atoms with van der Waals surface area (Å²) >= 11 is 1.51. The highest BCUT2D eigenvalue weighted by Gasteiger charge is 2.07. The van der Waals surface area contributed by atoms with Crippen molar-refractivity contribution >= 4 is 17.2 Å². The van der Waals surface area contributed by atoms with Gasteiger partial charge in [-0.3, -0.25) is 4.79 Å². The summed E-state index contributed by atoms with van der Waals surface area (Å²) in [5.74, 6) is -0.0247. The molecule has 1 aromatic heterocycles. The monoisotopic (exact) mass is 231 g/mol. The Morgan fingerprint density at radius 3 is 2.44 bits per heavy atom. The van der Waals surface area contributed by atoms with Gasteiger partial charge in [0, 0.05) is 11.9 Å². The molecule has 2 nitrogen and oxygen atoms in total. The second-order valence-electron chi connectivity index (χ2n) is 3.61. The summed E-state index contributed by atoms with van der Waals surface area (Å²) in [6.07, 6.45) is 0. The van der Waals surface area contributed by atoms with Gasteiger partial charge in [0.05, 0.1) is 4.88 Å². The van der Waals surface area contributed by atoms with Crippen LogP contribution in [0.15, 0.2) is 36.4 Å². The molecule has 1 aromatic carbocycles. The number of nitrogens with one attached hydrogen (secondary N) is 1. The molecule has 82 valence electrons. The van der Waals surface area contributed by atoms with E-state index in [4.69, 9.17) is 0 Å². The van der Waals surface area contributed by atoms with Gasteiger partial charge in [-0.05, 0) is 24.6 Å². The van der Waals surface area contributed by atoms with E-state index in [1.165, 1.54) is 16.9 Å². The molecule has 2 rings (SSSR count). The van der Waals surface area contributed by atoms with Crippen molar-refractivity contribution in [2.45, 2.75) is 6.92 Å². The van der Waals surface area contributed by atoms with Crippen LogP contribution in [0.5, 0.6) is 0 Å². The highest BCUT2D eigenvalue weighted by atomic mass is 32.1. The second-order valence-corrected chi connectivity index (χ2v) is 4.69. The van der Waals surface area contributed by atoms with Crippen LogP contribution in [0.2, 0.25) is 0 Å². The Labute approximate surface area is 98.9 Å². The van der Waals surface area contributed by atoms with E-state index < -0.39 is 0 Å². The number of carbonyl (C=O) groups excluding carboxylic acids is 1. The van der Waals surface area contributed by atoms with E-state index in [2.05, 4.69) is 36.5 Å². The van der Waals surface area contributed by atoms with Crippen molar-refractivity contribution in [3.8, 4) is 10.4 Å². The Kier molecular flexibility index (Phi) is 3.06. The lowest BCUT2D eigenvalue weighted by Gasteiger charge is -1.97. The normalized spacial score (nSPS) is 10.1. The van der Waals surface area contributed by atoms with Crippen molar-refractivity contribution in [3.63, 3.8) is 0 Å². The third-order valence-electron chi connectivity index (χ3n) is 2.39. The van der Waals surface area contributed by atoms with Gasteiger partial charge >= 0.3 is 0 Å². The molecule has 0 spiro atoms. The molecule has 1 heterocycles. The number of carbonyl (C=O) groups is 1. The van der Waals surface area contributed by atoms with Crippen molar-refractivity contribution in [3.05, 3.63) is 46.8 Å². The van der Waals surface area contributed by atoms with Crippen LogP contribution < -0.4 is 5.32 Å². The maximum absolute atomic E-state index is 11.4. The quantitative estimate of drug-likeness (QED) is 0.845. The lowest BCUT2D eigenvalue weighted by Crippen LogP contribution is -2.15. The first-order valence-corrected chi connectivity index (χ1v) is 5.91. The summed E-state index contributed by atoms with van der Waals surface area (Å²) in [6, 6.07) is 12.2. The first kappa shape index (κ1) is 10.9. The maximum Gasteiger partial charge on any atom is 0.261 e. The van der Waals surface area contributed by atoms with Crippen LogP contribution in [0.25, 0.3) is 10.4 Å². The number of hydrogen-bond acceptors (Lipinski definition) is 2. The fourth-order valence-corrected chi connectivity index (χ4v) is 2.41. The van der Waals surface area contributed by atoms with E-state index in [1.807, 2.05) is 12.1 Å². The number of rotatable bonds is 2. The molecule has 0 radical (unpaired) electrons. The van der Waals surface area contributed by atoms with Gasteiger partial charge in [-0.1, -0.05) is 29.8 Å². The van der Waals surface area contributed by atoms with E-state index in [1.54, 1.807) is 7.05 Å². The molecular formula is C13H13NOS. The average molecular weight is 231 g/mol. The smallest absolute Gasteiger partial charge is 0.261 e.